The summed E-state index contributed by atoms with van der Waals surface area (Å²) in [7, 11) is 1.71. The molecular weight excluding hydrogens is 683 g/mol. The average Bonchev–Trinajstić information content (AvgIpc) is 3.73. The Morgan fingerprint density at radius 1 is 1.00 bits per heavy atom. The van der Waals surface area contributed by atoms with Crippen molar-refractivity contribution in [3.63, 3.8) is 0 Å². The summed E-state index contributed by atoms with van der Waals surface area (Å²) in [5.41, 5.74) is 1.53. The number of halogens is 2. The number of thiophene rings is 1. The first kappa shape index (κ1) is 32.2. The van der Waals surface area contributed by atoms with Gasteiger partial charge in [0.1, 0.15) is 17.3 Å². The maximum absolute atomic E-state index is 14.9. The quantitative estimate of drug-likeness (QED) is 0.172. The molecule has 6 atom stereocenters. The minimum Gasteiger partial charge on any atom is -0.508 e. The van der Waals surface area contributed by atoms with Crippen LogP contribution in [0.1, 0.15) is 50.2 Å². The van der Waals surface area contributed by atoms with Crippen molar-refractivity contribution in [1.82, 2.24) is 14.7 Å². The van der Waals surface area contributed by atoms with E-state index in [0.717, 1.165) is 26.1 Å². The molecule has 8 rings (SSSR count). The molecule has 9 nitrogen and oxygen atoms in total. The van der Waals surface area contributed by atoms with Gasteiger partial charge >= 0.3 is 0 Å². The van der Waals surface area contributed by atoms with E-state index in [1.165, 1.54) is 15.9 Å². The van der Waals surface area contributed by atoms with Gasteiger partial charge in [0.05, 0.1) is 28.0 Å². The van der Waals surface area contributed by atoms with E-state index in [2.05, 4.69) is 0 Å². The number of amides is 4. The normalized spacial score (nSPS) is 28.0. The van der Waals surface area contributed by atoms with E-state index >= 15 is 0 Å². The number of fused-ring (bicyclic) bond motifs is 5. The van der Waals surface area contributed by atoms with Crippen molar-refractivity contribution in [2.24, 2.45) is 36.1 Å². The van der Waals surface area contributed by atoms with Gasteiger partial charge in [-0.1, -0.05) is 41.8 Å². The highest BCUT2D eigenvalue weighted by Gasteiger charge is 2.68. The molecular formula is C37H34Cl2N4O5S. The van der Waals surface area contributed by atoms with Crippen LogP contribution in [-0.2, 0) is 26.2 Å². The lowest BCUT2D eigenvalue weighted by molar-refractivity contribution is -0.140. The molecule has 2 aliphatic heterocycles. The van der Waals surface area contributed by atoms with Crippen molar-refractivity contribution in [3.8, 4) is 16.3 Å². The Bertz CT molecular complexity index is 2170. The van der Waals surface area contributed by atoms with Crippen molar-refractivity contribution in [2.75, 3.05) is 11.4 Å². The predicted octanol–water partition coefficient (Wildman–Crippen LogP) is 7.26. The van der Waals surface area contributed by atoms with Gasteiger partial charge < -0.3 is 5.11 Å². The van der Waals surface area contributed by atoms with Gasteiger partial charge in [-0.3, -0.25) is 28.8 Å². The number of likely N-dealkylation sites (tertiary alicyclic amines) is 1. The largest absolute Gasteiger partial charge is 0.508 e. The van der Waals surface area contributed by atoms with Crippen LogP contribution in [0.2, 0.25) is 10.0 Å². The fraction of sp³-hybridized carbons (Fsp3) is 0.378. The Hall–Kier alpha value is -3.99. The summed E-state index contributed by atoms with van der Waals surface area (Å²) in [4.78, 5) is 60.4. The number of carbonyl (C=O) groups excluding carboxylic acids is 4. The third kappa shape index (κ3) is 4.46. The number of phenolic OH excluding ortho intramolecular Hbond substituents is 1. The summed E-state index contributed by atoms with van der Waals surface area (Å²) in [5.74, 6) is -4.16. The molecule has 0 unspecified atom stereocenters. The number of carbonyl (C=O) groups is 4. The van der Waals surface area contributed by atoms with E-state index in [9.17, 15) is 24.3 Å². The zero-order chi connectivity index (χ0) is 34.7. The summed E-state index contributed by atoms with van der Waals surface area (Å²) in [5, 5.41) is 18.1. The Morgan fingerprint density at radius 3 is 2.49 bits per heavy atom. The Morgan fingerprint density at radius 2 is 1.73 bits per heavy atom. The molecule has 3 fully saturated rings. The van der Waals surface area contributed by atoms with Crippen LogP contribution in [0.15, 0.2) is 54.1 Å². The fourth-order valence-electron chi connectivity index (χ4n) is 9.06. The SMILES string of the molecule is CCCN1C(=O)[C@H]2[C@H](CC=C3[C@H]2C[C@H]2C(=O)N(c4cc(-c5sc6ccc(Cl)cc6c5C)nn4C)C(=O)[C@@]2(C)[C@H]3c2cc(Cl)ccc2O)C1=O. The maximum atomic E-state index is 14.9. The zero-order valence-electron chi connectivity index (χ0n) is 27.4. The zero-order valence-corrected chi connectivity index (χ0v) is 29.7. The molecule has 4 heterocycles. The number of benzene rings is 2. The number of nitrogens with zero attached hydrogens (tertiary/aromatic N) is 4. The van der Waals surface area contributed by atoms with Crippen LogP contribution >= 0.6 is 34.5 Å². The van der Waals surface area contributed by atoms with Gasteiger partial charge in [-0.05, 0) is 86.4 Å². The van der Waals surface area contributed by atoms with Gasteiger partial charge in [0.2, 0.25) is 23.6 Å². The number of hydrogen-bond donors (Lipinski definition) is 1. The second-order valence-corrected chi connectivity index (χ2v) is 15.8. The summed E-state index contributed by atoms with van der Waals surface area (Å²) < 4.78 is 2.60. The third-order valence-corrected chi connectivity index (χ3v) is 13.1. The van der Waals surface area contributed by atoms with E-state index in [-0.39, 0.29) is 24.0 Å². The number of imide groups is 2. The van der Waals surface area contributed by atoms with E-state index < -0.39 is 46.8 Å². The molecule has 12 heteroatoms. The van der Waals surface area contributed by atoms with Crippen molar-refractivity contribution < 1.29 is 24.3 Å². The van der Waals surface area contributed by atoms with Crippen LogP contribution < -0.4 is 4.90 Å². The fourth-order valence-corrected chi connectivity index (χ4v) is 10.6. The topological polar surface area (TPSA) is 113 Å². The molecule has 1 saturated carbocycles. The van der Waals surface area contributed by atoms with Crippen LogP contribution in [0.3, 0.4) is 0 Å². The van der Waals surface area contributed by atoms with Gasteiger partial charge in [0, 0.05) is 45.9 Å². The van der Waals surface area contributed by atoms with E-state index in [1.54, 1.807) is 48.2 Å². The minimum atomic E-state index is -1.32. The molecule has 49 heavy (non-hydrogen) atoms. The van der Waals surface area contributed by atoms with Crippen molar-refractivity contribution in [2.45, 2.75) is 46.0 Å². The second-order valence-electron chi connectivity index (χ2n) is 13.9. The number of aromatic nitrogens is 2. The van der Waals surface area contributed by atoms with E-state index in [1.807, 2.05) is 38.1 Å². The number of aryl methyl sites for hydroxylation is 2. The molecule has 2 saturated heterocycles. The lowest BCUT2D eigenvalue weighted by Crippen LogP contribution is -2.49. The highest BCUT2D eigenvalue weighted by Crippen LogP contribution is 2.64. The molecule has 0 radical (unpaired) electrons. The summed E-state index contributed by atoms with van der Waals surface area (Å²) in [6.07, 6.45) is 3.18. The highest BCUT2D eigenvalue weighted by molar-refractivity contribution is 7.22. The molecule has 2 aliphatic carbocycles. The number of anilines is 1. The number of hydrogen-bond acceptors (Lipinski definition) is 7. The molecule has 1 N–H and O–H groups in total. The first-order valence-electron chi connectivity index (χ1n) is 16.5. The Balaban J connectivity index is 1.26. The molecule has 4 amide bonds. The molecule has 0 spiro atoms. The van der Waals surface area contributed by atoms with Crippen LogP contribution in [-0.4, -0.2) is 50.0 Å². The van der Waals surface area contributed by atoms with E-state index in [0.29, 0.717) is 46.5 Å². The van der Waals surface area contributed by atoms with Crippen LogP contribution in [0, 0.1) is 36.0 Å². The predicted molar refractivity (Wildman–Crippen MR) is 189 cm³/mol. The van der Waals surface area contributed by atoms with Gasteiger partial charge in [-0.15, -0.1) is 11.3 Å². The van der Waals surface area contributed by atoms with Gasteiger partial charge in [-0.25, -0.2) is 4.90 Å². The molecule has 4 aromatic rings. The monoisotopic (exact) mass is 716 g/mol. The number of allylic oxidation sites excluding steroid dienone is 2. The number of aromatic hydroxyl groups is 1. The smallest absolute Gasteiger partial charge is 0.242 e. The van der Waals surface area contributed by atoms with Crippen LogP contribution in [0.4, 0.5) is 5.82 Å². The molecule has 2 aromatic carbocycles. The van der Waals surface area contributed by atoms with Crippen molar-refractivity contribution in [3.05, 3.63) is 75.3 Å². The summed E-state index contributed by atoms with van der Waals surface area (Å²) >= 11 is 14.3. The van der Waals surface area contributed by atoms with Gasteiger partial charge in [-0.2, -0.15) is 5.10 Å². The molecule has 252 valence electrons. The number of phenols is 1. The standard InChI is InChI=1S/C37H34Cl2N4O5S/c1-5-12-42-33(45)21-9-8-20-23(30(21)35(42)47)15-25-34(46)43(36(48)37(25,3)31(20)24-14-18(38)6-10-27(24)44)29-16-26(40-41(29)4)32-17(2)22-13-19(39)7-11-28(22)49-32/h6-8,10-11,13-14,16,21,23,25,30-31,44H,5,9,12,15H2,1-4H3/t21-,23+,25-,30-,31+,37+/m0/s1. The number of rotatable bonds is 5. The summed E-state index contributed by atoms with van der Waals surface area (Å²) in [6, 6.07) is 12.2. The molecule has 0 bridgehead atoms. The second kappa shape index (κ2) is 11.3. The summed E-state index contributed by atoms with van der Waals surface area (Å²) in [6.45, 7) is 6.05. The lowest BCUT2D eigenvalue weighted by atomic mass is 9.51. The van der Waals surface area contributed by atoms with Gasteiger partial charge in [0.25, 0.3) is 0 Å². The highest BCUT2D eigenvalue weighted by atomic mass is 35.5. The molecule has 2 aromatic heterocycles. The Labute approximate surface area is 297 Å². The Kier molecular flexibility index (Phi) is 7.41. The minimum absolute atomic E-state index is 0.0543. The van der Waals surface area contributed by atoms with Gasteiger partial charge in [0.15, 0.2) is 0 Å². The van der Waals surface area contributed by atoms with Crippen molar-refractivity contribution >= 4 is 74.1 Å². The molecule has 4 aliphatic rings. The first-order valence-corrected chi connectivity index (χ1v) is 18.1. The first-order chi connectivity index (χ1) is 23.4. The lowest BCUT2D eigenvalue weighted by Gasteiger charge is -2.49. The van der Waals surface area contributed by atoms with Crippen LogP contribution in [0.25, 0.3) is 20.7 Å². The van der Waals surface area contributed by atoms with Crippen LogP contribution in [0.5, 0.6) is 5.75 Å². The maximum Gasteiger partial charge on any atom is 0.242 e. The third-order valence-electron chi connectivity index (χ3n) is 11.3. The van der Waals surface area contributed by atoms with Crippen molar-refractivity contribution in [1.29, 1.82) is 0 Å². The average molecular weight is 718 g/mol. The van der Waals surface area contributed by atoms with E-state index in [4.69, 9.17) is 28.3 Å².